The Kier molecular flexibility index (Phi) is 1.24. The van der Waals surface area contributed by atoms with Crippen molar-refractivity contribution in [3.8, 4) is 0 Å². The van der Waals surface area contributed by atoms with E-state index in [4.69, 9.17) is 0 Å². The lowest BCUT2D eigenvalue weighted by Crippen LogP contribution is -1.93. The third-order valence-electron chi connectivity index (χ3n) is 0.704. The first-order valence-electron chi connectivity index (χ1n) is 2.05. The molecule has 0 bridgehead atoms. The smallest absolute Gasteiger partial charge is 0.333 e. The maximum atomic E-state index is 11.8. The van der Waals surface area contributed by atoms with Gasteiger partial charge in [-0.3, -0.25) is 0 Å². The second kappa shape index (κ2) is 1.80. The molecule has 0 aliphatic rings. The number of hydrogen-bond acceptors (Lipinski definition) is 3. The zero-order valence-corrected chi connectivity index (χ0v) is 5.02. The summed E-state index contributed by atoms with van der Waals surface area (Å²) >= 11 is 0. The number of imidazole rings is 1. The number of nitrogens with zero attached hydrogens (tertiary/aromatic N) is 1. The lowest BCUT2D eigenvalue weighted by molar-refractivity contribution is 0.544. The third kappa shape index (κ3) is 1.26. The second-order valence-corrected chi connectivity index (χ2v) is 2.59. The van der Waals surface area contributed by atoms with Gasteiger partial charge in [0.05, 0.1) is 0 Å². The molecule has 1 aromatic heterocycles. The van der Waals surface area contributed by atoms with E-state index < -0.39 is 15.4 Å². The highest BCUT2D eigenvalue weighted by atomic mass is 32.3. The van der Waals surface area contributed by atoms with Gasteiger partial charge in [0.15, 0.2) is 0 Å². The predicted octanol–water partition coefficient (Wildman–Crippen LogP) is 0.0679. The Bertz CT molecular complexity index is 277. The average Bonchev–Trinajstić information content (AvgIpc) is 2.08. The number of rotatable bonds is 1. The molecule has 0 spiro atoms. The first-order valence-corrected chi connectivity index (χ1v) is 3.43. The summed E-state index contributed by atoms with van der Waals surface area (Å²) in [4.78, 5) is 5.27. The summed E-state index contributed by atoms with van der Waals surface area (Å²) in [6.45, 7) is 0. The summed E-state index contributed by atoms with van der Waals surface area (Å²) in [5.74, 6) is 0. The number of aromatic amines is 1. The molecule has 1 aromatic rings. The van der Waals surface area contributed by atoms with Crippen molar-refractivity contribution in [1.82, 2.24) is 9.97 Å². The summed E-state index contributed by atoms with van der Waals surface area (Å²) < 4.78 is 31.7. The van der Waals surface area contributed by atoms with Crippen LogP contribution in [0.5, 0.6) is 0 Å². The number of nitrogens with one attached hydrogen (secondary N) is 1. The Labute approximate surface area is 50.9 Å². The third-order valence-corrected chi connectivity index (χ3v) is 1.39. The predicted molar refractivity (Wildman–Crippen MR) is 26.9 cm³/mol. The largest absolute Gasteiger partial charge is 0.366 e. The standard InChI is InChI=1S/C3H3FN2O2S/c4-9(7,8)3-5-1-2-6-3/h1-2H,(H,5,6). The quantitative estimate of drug-likeness (QED) is 0.576. The fourth-order valence-corrected chi connectivity index (χ4v) is 0.780. The molecule has 4 nitrogen and oxygen atoms in total. The van der Waals surface area contributed by atoms with E-state index >= 15 is 0 Å². The molecule has 0 radical (unpaired) electrons. The fraction of sp³-hybridized carbons (Fsp3) is 0. The summed E-state index contributed by atoms with van der Waals surface area (Å²) in [6, 6.07) is 0. The highest BCUT2D eigenvalue weighted by Crippen LogP contribution is 2.02. The van der Waals surface area contributed by atoms with Crippen LogP contribution in [0.3, 0.4) is 0 Å². The zero-order valence-electron chi connectivity index (χ0n) is 4.20. The summed E-state index contributed by atoms with van der Waals surface area (Å²) in [7, 11) is -4.63. The molecule has 0 amide bonds. The highest BCUT2D eigenvalue weighted by molar-refractivity contribution is 7.86. The van der Waals surface area contributed by atoms with Crippen LogP contribution in [-0.4, -0.2) is 18.4 Å². The molecule has 1 heterocycles. The minimum absolute atomic E-state index is 0.650. The molecule has 0 saturated heterocycles. The summed E-state index contributed by atoms with van der Waals surface area (Å²) in [5, 5.41) is -0.650. The molecular formula is C3H3FN2O2S. The topological polar surface area (TPSA) is 62.8 Å². The summed E-state index contributed by atoms with van der Waals surface area (Å²) in [5.41, 5.74) is 0. The van der Waals surface area contributed by atoms with Gasteiger partial charge in [-0.05, 0) is 0 Å². The molecule has 0 aliphatic heterocycles. The van der Waals surface area contributed by atoms with Crippen LogP contribution in [0.1, 0.15) is 0 Å². The van der Waals surface area contributed by atoms with E-state index in [2.05, 4.69) is 9.97 Å². The maximum Gasteiger partial charge on any atom is 0.366 e. The Balaban J connectivity index is 3.20. The molecule has 0 atom stereocenters. The van der Waals surface area contributed by atoms with E-state index in [9.17, 15) is 12.3 Å². The van der Waals surface area contributed by atoms with Crippen LogP contribution in [0.15, 0.2) is 17.6 Å². The van der Waals surface area contributed by atoms with Crippen molar-refractivity contribution in [3.05, 3.63) is 12.4 Å². The molecule has 50 valence electrons. The van der Waals surface area contributed by atoms with Crippen molar-refractivity contribution in [2.45, 2.75) is 5.16 Å². The molecule has 0 unspecified atom stereocenters. The van der Waals surface area contributed by atoms with Gasteiger partial charge in [-0.1, -0.05) is 3.89 Å². The van der Waals surface area contributed by atoms with Crippen LogP contribution >= 0.6 is 0 Å². The molecule has 9 heavy (non-hydrogen) atoms. The number of hydrogen-bond donors (Lipinski definition) is 1. The van der Waals surface area contributed by atoms with E-state index in [0.29, 0.717) is 0 Å². The van der Waals surface area contributed by atoms with Crippen LogP contribution in [0.2, 0.25) is 0 Å². The van der Waals surface area contributed by atoms with Crippen molar-refractivity contribution >= 4 is 10.2 Å². The van der Waals surface area contributed by atoms with Crippen molar-refractivity contribution in [2.75, 3.05) is 0 Å². The van der Waals surface area contributed by atoms with Gasteiger partial charge in [0.1, 0.15) is 0 Å². The molecule has 0 aromatic carbocycles. The van der Waals surface area contributed by atoms with Gasteiger partial charge in [-0.25, -0.2) is 4.98 Å². The minimum Gasteiger partial charge on any atom is -0.333 e. The first-order chi connectivity index (χ1) is 4.11. The maximum absolute atomic E-state index is 11.8. The van der Waals surface area contributed by atoms with Crippen LogP contribution in [0, 0.1) is 0 Å². The Hall–Kier alpha value is -0.910. The molecule has 0 fully saturated rings. The van der Waals surface area contributed by atoms with Gasteiger partial charge in [0, 0.05) is 12.4 Å². The molecule has 0 saturated carbocycles. The lowest BCUT2D eigenvalue weighted by atomic mass is 11.0. The monoisotopic (exact) mass is 150 g/mol. The number of H-pyrrole nitrogens is 1. The van der Waals surface area contributed by atoms with Crippen LogP contribution in [-0.2, 0) is 10.2 Å². The molecule has 0 aliphatic carbocycles. The number of halogens is 1. The minimum atomic E-state index is -4.63. The highest BCUT2D eigenvalue weighted by Gasteiger charge is 2.12. The molecule has 6 heteroatoms. The van der Waals surface area contributed by atoms with Gasteiger partial charge in [-0.2, -0.15) is 8.42 Å². The van der Waals surface area contributed by atoms with Gasteiger partial charge in [-0.15, -0.1) is 0 Å². The Morgan fingerprint density at radius 1 is 1.67 bits per heavy atom. The normalized spacial score (nSPS) is 11.7. The van der Waals surface area contributed by atoms with E-state index in [1.165, 1.54) is 6.20 Å². The summed E-state index contributed by atoms with van der Waals surface area (Å²) in [6.07, 6.45) is 2.39. The van der Waals surface area contributed by atoms with E-state index in [1.54, 1.807) is 0 Å². The Morgan fingerprint density at radius 2 is 2.33 bits per heavy atom. The average molecular weight is 150 g/mol. The van der Waals surface area contributed by atoms with Gasteiger partial charge < -0.3 is 4.98 Å². The Morgan fingerprint density at radius 3 is 2.56 bits per heavy atom. The van der Waals surface area contributed by atoms with Crippen molar-refractivity contribution in [1.29, 1.82) is 0 Å². The van der Waals surface area contributed by atoms with E-state index in [1.807, 2.05) is 0 Å². The van der Waals surface area contributed by atoms with Crippen molar-refractivity contribution in [2.24, 2.45) is 0 Å². The van der Waals surface area contributed by atoms with E-state index in [0.717, 1.165) is 6.20 Å². The number of aromatic nitrogens is 2. The van der Waals surface area contributed by atoms with Gasteiger partial charge in [0.2, 0.25) is 0 Å². The van der Waals surface area contributed by atoms with Crippen LogP contribution in [0.25, 0.3) is 0 Å². The van der Waals surface area contributed by atoms with Crippen LogP contribution in [0.4, 0.5) is 3.89 Å². The van der Waals surface area contributed by atoms with Crippen molar-refractivity contribution in [3.63, 3.8) is 0 Å². The second-order valence-electron chi connectivity index (χ2n) is 1.33. The molecule has 1 N–H and O–H groups in total. The SMILES string of the molecule is O=S(=O)(F)c1ncc[nH]1. The first kappa shape index (κ1) is 6.21. The van der Waals surface area contributed by atoms with Crippen LogP contribution < -0.4 is 0 Å². The van der Waals surface area contributed by atoms with Gasteiger partial charge in [0.25, 0.3) is 5.16 Å². The van der Waals surface area contributed by atoms with Gasteiger partial charge >= 0.3 is 10.2 Å². The zero-order chi connectivity index (χ0) is 6.91. The fourth-order valence-electron chi connectivity index (χ4n) is 0.384. The lowest BCUT2D eigenvalue weighted by Gasteiger charge is -1.81. The van der Waals surface area contributed by atoms with E-state index in [-0.39, 0.29) is 0 Å². The van der Waals surface area contributed by atoms with Crippen molar-refractivity contribution < 1.29 is 12.3 Å². The molecule has 1 rings (SSSR count). The molecular weight excluding hydrogens is 147 g/mol.